The summed E-state index contributed by atoms with van der Waals surface area (Å²) >= 11 is 12.5. The van der Waals surface area contributed by atoms with Gasteiger partial charge in [-0.05, 0) is 30.7 Å². The van der Waals surface area contributed by atoms with Crippen molar-refractivity contribution in [2.75, 3.05) is 29.9 Å². The molecular formula is C15H23Cl2N3. The van der Waals surface area contributed by atoms with E-state index in [0.29, 0.717) is 16.0 Å². The second-order valence-electron chi connectivity index (χ2n) is 5.74. The second-order valence-corrected chi connectivity index (χ2v) is 6.55. The molecule has 2 heterocycles. The number of piperidine rings is 1. The molecule has 2 rings (SSSR count). The molecule has 0 saturated carbocycles. The number of hydrogen-bond donors (Lipinski definition) is 1. The van der Waals surface area contributed by atoms with Crippen LogP contribution in [0.2, 0.25) is 10.0 Å². The first kappa shape index (κ1) is 15.7. The van der Waals surface area contributed by atoms with E-state index >= 15 is 0 Å². The maximum atomic E-state index is 6.34. The van der Waals surface area contributed by atoms with Gasteiger partial charge in [0.25, 0.3) is 0 Å². The Labute approximate surface area is 131 Å². The van der Waals surface area contributed by atoms with Gasteiger partial charge in [0.1, 0.15) is 11.6 Å². The van der Waals surface area contributed by atoms with Crippen molar-refractivity contribution in [1.82, 2.24) is 4.98 Å². The van der Waals surface area contributed by atoms with Gasteiger partial charge in [0.05, 0.1) is 10.0 Å². The Hall–Kier alpha value is -0.670. The Morgan fingerprint density at radius 2 is 2.05 bits per heavy atom. The van der Waals surface area contributed by atoms with Gasteiger partial charge in [0, 0.05) is 19.6 Å². The van der Waals surface area contributed by atoms with Crippen LogP contribution < -0.4 is 10.2 Å². The third-order valence-electron chi connectivity index (χ3n) is 4.09. The first-order chi connectivity index (χ1) is 9.52. The molecule has 2 unspecified atom stereocenters. The van der Waals surface area contributed by atoms with Crippen LogP contribution in [0.25, 0.3) is 0 Å². The van der Waals surface area contributed by atoms with E-state index in [1.807, 2.05) is 0 Å². The molecule has 0 radical (unpaired) electrons. The molecule has 2 atom stereocenters. The van der Waals surface area contributed by atoms with Gasteiger partial charge in [0.15, 0.2) is 0 Å². The lowest BCUT2D eigenvalue weighted by molar-refractivity contribution is 0.323. The summed E-state index contributed by atoms with van der Waals surface area (Å²) in [5, 5.41) is 4.49. The molecule has 1 aliphatic rings. The zero-order valence-corrected chi connectivity index (χ0v) is 13.9. The molecular weight excluding hydrogens is 293 g/mol. The lowest BCUT2D eigenvalue weighted by atomic mass is 9.89. The summed E-state index contributed by atoms with van der Waals surface area (Å²) in [7, 11) is 0. The molecule has 1 aromatic heterocycles. The van der Waals surface area contributed by atoms with Crippen molar-refractivity contribution in [2.24, 2.45) is 11.8 Å². The van der Waals surface area contributed by atoms with Gasteiger partial charge < -0.3 is 10.2 Å². The Morgan fingerprint density at radius 3 is 2.70 bits per heavy atom. The molecule has 0 bridgehead atoms. The summed E-state index contributed by atoms with van der Waals surface area (Å²) in [6.07, 6.45) is 2.22. The fourth-order valence-electron chi connectivity index (χ4n) is 2.50. The van der Waals surface area contributed by atoms with E-state index in [4.69, 9.17) is 23.2 Å². The molecule has 5 heteroatoms. The summed E-state index contributed by atoms with van der Waals surface area (Å²) in [6.45, 7) is 9.59. The van der Waals surface area contributed by atoms with Crippen molar-refractivity contribution in [3.63, 3.8) is 0 Å². The number of halogens is 2. The highest BCUT2D eigenvalue weighted by Crippen LogP contribution is 2.34. The fourth-order valence-corrected chi connectivity index (χ4v) is 3.05. The summed E-state index contributed by atoms with van der Waals surface area (Å²) in [5.74, 6) is 3.01. The average Bonchev–Trinajstić information content (AvgIpc) is 2.41. The molecule has 0 spiro atoms. The standard InChI is InChI=1S/C15H23Cl2N3/c1-4-6-18-14-12(16)8-13(17)15(19-14)20-7-5-10(2)11(3)9-20/h8,10-11H,4-7,9H2,1-3H3,(H,18,19). The Bertz CT molecular complexity index is 465. The van der Waals surface area contributed by atoms with Crippen molar-refractivity contribution >= 4 is 34.8 Å². The van der Waals surface area contributed by atoms with Crippen LogP contribution in [0, 0.1) is 11.8 Å². The zero-order valence-electron chi connectivity index (χ0n) is 12.4. The quantitative estimate of drug-likeness (QED) is 0.873. The van der Waals surface area contributed by atoms with E-state index < -0.39 is 0 Å². The highest BCUT2D eigenvalue weighted by atomic mass is 35.5. The molecule has 0 aliphatic carbocycles. The zero-order chi connectivity index (χ0) is 14.7. The van der Waals surface area contributed by atoms with Gasteiger partial charge in [0.2, 0.25) is 0 Å². The lowest BCUT2D eigenvalue weighted by Crippen LogP contribution is -2.39. The van der Waals surface area contributed by atoms with Crippen molar-refractivity contribution < 1.29 is 0 Å². The number of anilines is 2. The third-order valence-corrected chi connectivity index (χ3v) is 4.65. The van der Waals surface area contributed by atoms with Gasteiger partial charge in [-0.1, -0.05) is 44.0 Å². The van der Waals surface area contributed by atoms with Crippen LogP contribution in [0.5, 0.6) is 0 Å². The Balaban J connectivity index is 2.22. The van der Waals surface area contributed by atoms with Crippen LogP contribution >= 0.6 is 23.2 Å². The number of rotatable bonds is 4. The molecule has 1 fully saturated rings. The fraction of sp³-hybridized carbons (Fsp3) is 0.667. The number of nitrogens with zero attached hydrogens (tertiary/aromatic N) is 2. The minimum Gasteiger partial charge on any atom is -0.369 e. The first-order valence-corrected chi connectivity index (χ1v) is 8.13. The predicted octanol–water partition coefficient (Wildman–Crippen LogP) is 4.69. The van der Waals surface area contributed by atoms with Crippen molar-refractivity contribution in [3.8, 4) is 0 Å². The molecule has 20 heavy (non-hydrogen) atoms. The monoisotopic (exact) mass is 315 g/mol. The molecule has 112 valence electrons. The van der Waals surface area contributed by atoms with Crippen LogP contribution in [0.1, 0.15) is 33.6 Å². The van der Waals surface area contributed by atoms with Gasteiger partial charge in [-0.2, -0.15) is 0 Å². The number of pyridine rings is 1. The molecule has 3 nitrogen and oxygen atoms in total. The van der Waals surface area contributed by atoms with Gasteiger partial charge >= 0.3 is 0 Å². The number of nitrogens with one attached hydrogen (secondary N) is 1. The largest absolute Gasteiger partial charge is 0.369 e. The SMILES string of the molecule is CCCNc1nc(N2CCC(C)C(C)C2)c(Cl)cc1Cl. The van der Waals surface area contributed by atoms with Crippen molar-refractivity contribution in [2.45, 2.75) is 33.6 Å². The molecule has 1 saturated heterocycles. The summed E-state index contributed by atoms with van der Waals surface area (Å²) in [6, 6.07) is 1.80. The molecule has 1 aliphatic heterocycles. The molecule has 1 aromatic rings. The maximum Gasteiger partial charge on any atom is 0.149 e. The second kappa shape index (κ2) is 6.86. The topological polar surface area (TPSA) is 28.2 Å². The van der Waals surface area contributed by atoms with E-state index in [9.17, 15) is 0 Å². The molecule has 0 amide bonds. The summed E-state index contributed by atoms with van der Waals surface area (Å²) in [5.41, 5.74) is 0. The van der Waals surface area contributed by atoms with Crippen LogP contribution in [0.4, 0.5) is 11.6 Å². The van der Waals surface area contributed by atoms with Crippen LogP contribution in [-0.2, 0) is 0 Å². The minimum atomic E-state index is 0.589. The maximum absolute atomic E-state index is 6.34. The summed E-state index contributed by atoms with van der Waals surface area (Å²) in [4.78, 5) is 6.92. The van der Waals surface area contributed by atoms with E-state index in [-0.39, 0.29) is 0 Å². The van der Waals surface area contributed by atoms with Gasteiger partial charge in [-0.25, -0.2) is 4.98 Å². The minimum absolute atomic E-state index is 0.589. The smallest absolute Gasteiger partial charge is 0.149 e. The molecule has 1 N–H and O–H groups in total. The summed E-state index contributed by atoms with van der Waals surface area (Å²) < 4.78 is 0. The normalized spacial score (nSPS) is 22.9. The van der Waals surface area contributed by atoms with Gasteiger partial charge in [-0.3, -0.25) is 0 Å². The predicted molar refractivity (Wildman–Crippen MR) is 88.2 cm³/mol. The van der Waals surface area contributed by atoms with Crippen LogP contribution in [0.15, 0.2) is 6.07 Å². The van der Waals surface area contributed by atoms with E-state index in [2.05, 4.69) is 36.0 Å². The lowest BCUT2D eigenvalue weighted by Gasteiger charge is -2.36. The first-order valence-electron chi connectivity index (χ1n) is 7.37. The van der Waals surface area contributed by atoms with E-state index in [1.165, 1.54) is 6.42 Å². The van der Waals surface area contributed by atoms with Crippen molar-refractivity contribution in [3.05, 3.63) is 16.1 Å². The Morgan fingerprint density at radius 1 is 1.30 bits per heavy atom. The number of hydrogen-bond acceptors (Lipinski definition) is 3. The highest BCUT2D eigenvalue weighted by Gasteiger charge is 2.25. The molecule has 0 aromatic carbocycles. The van der Waals surface area contributed by atoms with E-state index in [1.54, 1.807) is 6.07 Å². The highest BCUT2D eigenvalue weighted by molar-refractivity contribution is 6.37. The van der Waals surface area contributed by atoms with Crippen molar-refractivity contribution in [1.29, 1.82) is 0 Å². The van der Waals surface area contributed by atoms with Gasteiger partial charge in [-0.15, -0.1) is 0 Å². The average molecular weight is 316 g/mol. The van der Waals surface area contributed by atoms with E-state index in [0.717, 1.165) is 43.6 Å². The number of aromatic nitrogens is 1. The third kappa shape index (κ3) is 3.50. The van der Waals surface area contributed by atoms with Crippen LogP contribution in [-0.4, -0.2) is 24.6 Å². The van der Waals surface area contributed by atoms with Crippen LogP contribution in [0.3, 0.4) is 0 Å². The Kier molecular flexibility index (Phi) is 5.39.